The molecule has 2 nitrogen and oxygen atoms in total. The summed E-state index contributed by atoms with van der Waals surface area (Å²) < 4.78 is 13.9. The normalized spacial score (nSPS) is 10.5. The number of thiazole rings is 1. The molecule has 0 saturated heterocycles. The Kier molecular flexibility index (Phi) is 3.69. The number of nitrogens with zero attached hydrogens (tertiary/aromatic N) is 1. The zero-order valence-corrected chi connectivity index (χ0v) is 11.5. The molecule has 0 spiro atoms. The van der Waals surface area contributed by atoms with Crippen molar-refractivity contribution in [1.82, 2.24) is 4.98 Å². The van der Waals surface area contributed by atoms with Crippen molar-refractivity contribution in [3.8, 4) is 0 Å². The van der Waals surface area contributed by atoms with Gasteiger partial charge in [-0.3, -0.25) is 0 Å². The van der Waals surface area contributed by atoms with Crippen LogP contribution in [-0.4, -0.2) is 4.98 Å². The Bertz CT molecular complexity index is 509. The summed E-state index contributed by atoms with van der Waals surface area (Å²) in [4.78, 5) is 4.13. The van der Waals surface area contributed by atoms with Crippen molar-refractivity contribution >= 4 is 61.3 Å². The van der Waals surface area contributed by atoms with Gasteiger partial charge in [0.2, 0.25) is 0 Å². The monoisotopic (exact) mass is 340 g/mol. The molecule has 2 rings (SSSR count). The summed E-state index contributed by atoms with van der Waals surface area (Å²) in [6, 6.07) is 2.91. The SMILES string of the molecule is Fc1c(Cl)cc(Nc2nc(Br)cs2)cc1Cl. The van der Waals surface area contributed by atoms with Gasteiger partial charge in [0.1, 0.15) is 4.60 Å². The molecule has 16 heavy (non-hydrogen) atoms. The summed E-state index contributed by atoms with van der Waals surface area (Å²) in [7, 11) is 0. The van der Waals surface area contributed by atoms with Gasteiger partial charge in [-0.15, -0.1) is 11.3 Å². The van der Waals surface area contributed by atoms with Crippen molar-refractivity contribution in [1.29, 1.82) is 0 Å². The first-order valence-corrected chi connectivity index (χ1v) is 6.51. The van der Waals surface area contributed by atoms with Gasteiger partial charge in [-0.2, -0.15) is 0 Å². The number of nitrogens with one attached hydrogen (secondary N) is 1. The molecule has 1 aromatic heterocycles. The lowest BCUT2D eigenvalue weighted by molar-refractivity contribution is 0.629. The fourth-order valence-corrected chi connectivity index (χ4v) is 2.71. The summed E-state index contributed by atoms with van der Waals surface area (Å²) in [5.41, 5.74) is 0.596. The zero-order valence-electron chi connectivity index (χ0n) is 7.60. The Hall–Kier alpha value is -0.360. The molecule has 7 heteroatoms. The first-order chi connectivity index (χ1) is 7.56. The van der Waals surface area contributed by atoms with Crippen LogP contribution < -0.4 is 5.32 Å². The van der Waals surface area contributed by atoms with Crippen LogP contribution in [0.4, 0.5) is 15.2 Å². The van der Waals surface area contributed by atoms with Gasteiger partial charge in [0.25, 0.3) is 0 Å². The molecule has 0 saturated carbocycles. The topological polar surface area (TPSA) is 24.9 Å². The molecule has 0 radical (unpaired) electrons. The zero-order chi connectivity index (χ0) is 11.7. The molecule has 0 amide bonds. The number of hydrogen-bond acceptors (Lipinski definition) is 3. The van der Waals surface area contributed by atoms with Crippen molar-refractivity contribution in [2.24, 2.45) is 0 Å². The van der Waals surface area contributed by atoms with Crippen molar-refractivity contribution < 1.29 is 4.39 Å². The van der Waals surface area contributed by atoms with E-state index in [0.29, 0.717) is 10.8 Å². The lowest BCUT2D eigenvalue weighted by Gasteiger charge is -2.05. The second kappa shape index (κ2) is 4.87. The minimum absolute atomic E-state index is 0.0226. The third-order valence-electron chi connectivity index (χ3n) is 1.71. The highest BCUT2D eigenvalue weighted by Crippen LogP contribution is 2.30. The van der Waals surface area contributed by atoms with Crippen LogP contribution in [-0.2, 0) is 0 Å². The summed E-state index contributed by atoms with van der Waals surface area (Å²) in [5.74, 6) is -0.616. The molecule has 84 valence electrons. The maximum absolute atomic E-state index is 13.1. The van der Waals surface area contributed by atoms with Gasteiger partial charge in [-0.1, -0.05) is 23.2 Å². The van der Waals surface area contributed by atoms with Crippen LogP contribution in [0.3, 0.4) is 0 Å². The smallest absolute Gasteiger partial charge is 0.188 e. The summed E-state index contributed by atoms with van der Waals surface area (Å²) in [6.07, 6.45) is 0. The largest absolute Gasteiger partial charge is 0.331 e. The van der Waals surface area contributed by atoms with E-state index in [1.807, 2.05) is 5.38 Å². The minimum Gasteiger partial charge on any atom is -0.331 e. The van der Waals surface area contributed by atoms with Crippen LogP contribution in [0.2, 0.25) is 10.0 Å². The lowest BCUT2D eigenvalue weighted by atomic mass is 10.3. The highest BCUT2D eigenvalue weighted by Gasteiger charge is 2.08. The number of hydrogen-bond donors (Lipinski definition) is 1. The number of benzene rings is 1. The number of rotatable bonds is 2. The number of anilines is 2. The maximum Gasteiger partial charge on any atom is 0.188 e. The molecule has 0 unspecified atom stereocenters. The van der Waals surface area contributed by atoms with Crippen molar-refractivity contribution in [3.63, 3.8) is 0 Å². The first-order valence-electron chi connectivity index (χ1n) is 4.09. The minimum atomic E-state index is -0.616. The van der Waals surface area contributed by atoms with Gasteiger partial charge in [-0.05, 0) is 28.1 Å². The fraction of sp³-hybridized carbons (Fsp3) is 0. The van der Waals surface area contributed by atoms with Gasteiger partial charge in [0.15, 0.2) is 10.9 Å². The van der Waals surface area contributed by atoms with Crippen LogP contribution in [0.15, 0.2) is 22.1 Å². The molecule has 1 aromatic carbocycles. The van der Waals surface area contributed by atoms with Crippen LogP contribution >= 0.6 is 50.5 Å². The van der Waals surface area contributed by atoms with Gasteiger partial charge in [-0.25, -0.2) is 9.37 Å². The second-order valence-corrected chi connectivity index (χ2v) is 5.34. The molecule has 1 N–H and O–H groups in total. The van der Waals surface area contributed by atoms with E-state index in [1.165, 1.54) is 23.5 Å². The maximum atomic E-state index is 13.1. The predicted molar refractivity (Wildman–Crippen MR) is 69.5 cm³/mol. The number of halogens is 4. The van der Waals surface area contributed by atoms with Crippen LogP contribution in [0, 0.1) is 5.82 Å². The third kappa shape index (κ3) is 2.66. The molecule has 0 aliphatic carbocycles. The average Bonchev–Trinajstić information content (AvgIpc) is 2.60. The Morgan fingerprint density at radius 2 is 1.94 bits per heavy atom. The molecule has 1 heterocycles. The van der Waals surface area contributed by atoms with Gasteiger partial charge in [0.05, 0.1) is 10.0 Å². The van der Waals surface area contributed by atoms with Crippen molar-refractivity contribution in [2.75, 3.05) is 5.32 Å². The summed E-state index contributed by atoms with van der Waals surface area (Å²) in [6.45, 7) is 0. The molecule has 0 bridgehead atoms. The van der Waals surface area contributed by atoms with E-state index in [0.717, 1.165) is 4.60 Å². The summed E-state index contributed by atoms with van der Waals surface area (Å²) >= 11 is 16.0. The molecular weight excluding hydrogens is 338 g/mol. The van der Waals surface area contributed by atoms with Crippen LogP contribution in [0.1, 0.15) is 0 Å². The predicted octanol–water partition coefficient (Wildman–Crippen LogP) is 5.10. The van der Waals surface area contributed by atoms with E-state index in [2.05, 4.69) is 26.2 Å². The Labute approximate surface area is 114 Å². The van der Waals surface area contributed by atoms with E-state index >= 15 is 0 Å². The molecule has 0 fully saturated rings. The Morgan fingerprint density at radius 1 is 1.31 bits per heavy atom. The van der Waals surface area contributed by atoms with Gasteiger partial charge < -0.3 is 5.32 Å². The first kappa shape index (κ1) is 12.1. The quantitative estimate of drug-likeness (QED) is 0.769. The molecular formula is C9H4BrCl2FN2S. The Morgan fingerprint density at radius 3 is 2.44 bits per heavy atom. The van der Waals surface area contributed by atoms with Gasteiger partial charge >= 0.3 is 0 Å². The molecule has 2 aromatic rings. The van der Waals surface area contributed by atoms with Gasteiger partial charge in [0, 0.05) is 11.1 Å². The fourth-order valence-electron chi connectivity index (χ4n) is 1.06. The highest BCUT2D eigenvalue weighted by atomic mass is 79.9. The summed E-state index contributed by atoms with van der Waals surface area (Å²) in [5, 5.41) is 5.43. The van der Waals surface area contributed by atoms with E-state index in [1.54, 1.807) is 0 Å². The standard InChI is InChI=1S/C9H4BrCl2FN2S/c10-7-3-16-9(15-7)14-4-1-5(11)8(13)6(12)2-4/h1-3H,(H,14,15). The molecule has 0 aliphatic heterocycles. The van der Waals surface area contributed by atoms with E-state index in [9.17, 15) is 4.39 Å². The second-order valence-electron chi connectivity index (χ2n) is 2.85. The lowest BCUT2D eigenvalue weighted by Crippen LogP contribution is -1.91. The third-order valence-corrected chi connectivity index (χ3v) is 3.73. The highest BCUT2D eigenvalue weighted by molar-refractivity contribution is 9.10. The van der Waals surface area contributed by atoms with Crippen LogP contribution in [0.25, 0.3) is 0 Å². The van der Waals surface area contributed by atoms with Crippen molar-refractivity contribution in [2.45, 2.75) is 0 Å². The van der Waals surface area contributed by atoms with Crippen LogP contribution in [0.5, 0.6) is 0 Å². The van der Waals surface area contributed by atoms with E-state index < -0.39 is 5.82 Å². The number of aromatic nitrogens is 1. The Balaban J connectivity index is 2.28. The molecule has 0 aliphatic rings. The average molecular weight is 342 g/mol. The van der Waals surface area contributed by atoms with E-state index in [-0.39, 0.29) is 10.0 Å². The molecule has 0 atom stereocenters. The van der Waals surface area contributed by atoms with Crippen molar-refractivity contribution in [3.05, 3.63) is 38.0 Å². The van der Waals surface area contributed by atoms with E-state index in [4.69, 9.17) is 23.2 Å².